The molecule has 7 nitrogen and oxygen atoms in total. The largest absolute Gasteiger partial charge is 0.480 e. The number of rotatable bonds is 7. The van der Waals surface area contributed by atoms with Crippen LogP contribution in [0, 0.1) is 0 Å². The van der Waals surface area contributed by atoms with Crippen molar-refractivity contribution in [2.45, 2.75) is 19.1 Å². The van der Waals surface area contributed by atoms with Crippen molar-refractivity contribution >= 4 is 12.1 Å². The van der Waals surface area contributed by atoms with Crippen LogP contribution in [-0.4, -0.2) is 29.8 Å². The van der Waals surface area contributed by atoms with Crippen LogP contribution < -0.4 is 11.2 Å². The number of aliphatic carboxylic acids is 1. The first-order valence-corrected chi connectivity index (χ1v) is 5.66. The van der Waals surface area contributed by atoms with E-state index in [0.29, 0.717) is 0 Å². The number of amides is 1. The van der Waals surface area contributed by atoms with Crippen LogP contribution in [0.2, 0.25) is 0 Å². The smallest absolute Gasteiger partial charge is 0.431 e. The lowest BCUT2D eigenvalue weighted by molar-refractivity contribution is -0.139. The fourth-order valence-corrected chi connectivity index (χ4v) is 1.17. The lowest BCUT2D eigenvalue weighted by atomic mass is 10.2. The van der Waals surface area contributed by atoms with E-state index in [4.69, 9.17) is 20.4 Å². The lowest BCUT2D eigenvalue weighted by Crippen LogP contribution is -2.33. The molecule has 1 amide bonds. The number of nitrogens with one attached hydrogen (secondary N) is 1. The number of hydrogen-bond acceptors (Lipinski definition) is 5. The van der Waals surface area contributed by atoms with Crippen molar-refractivity contribution in [3.8, 4) is 0 Å². The highest BCUT2D eigenvalue weighted by Crippen LogP contribution is 2.00. The number of hydrogen-bond donors (Lipinski definition) is 3. The maximum atomic E-state index is 11.2. The van der Waals surface area contributed by atoms with Crippen molar-refractivity contribution in [2.24, 2.45) is 5.73 Å². The van der Waals surface area contributed by atoms with Crippen LogP contribution in [0.5, 0.6) is 0 Å². The van der Waals surface area contributed by atoms with E-state index in [0.717, 1.165) is 5.56 Å². The number of ether oxygens (including phenoxy) is 1. The van der Waals surface area contributed by atoms with Crippen molar-refractivity contribution < 1.29 is 24.3 Å². The predicted octanol–water partition coefficient (Wildman–Crippen LogP) is 0.646. The number of carboxylic acid groups (broad SMARTS) is 1. The molecule has 0 bridgehead atoms. The number of carbonyl (C=O) groups is 2. The van der Waals surface area contributed by atoms with Gasteiger partial charge < -0.3 is 15.6 Å². The molecule has 0 radical (unpaired) electrons. The van der Waals surface area contributed by atoms with Gasteiger partial charge in [0.2, 0.25) is 0 Å². The Labute approximate surface area is 110 Å². The second-order valence-electron chi connectivity index (χ2n) is 3.75. The summed E-state index contributed by atoms with van der Waals surface area (Å²) in [6.45, 7) is 0.124. The average molecular weight is 268 g/mol. The first kappa shape index (κ1) is 14.9. The molecule has 0 fully saturated rings. The monoisotopic (exact) mass is 268 g/mol. The number of benzene rings is 1. The SMILES string of the molecule is N[C@@H](CCONC(=O)OCc1ccccc1)C(=O)O. The summed E-state index contributed by atoms with van der Waals surface area (Å²) in [5.74, 6) is -1.12. The van der Waals surface area contributed by atoms with Gasteiger partial charge in [0.25, 0.3) is 0 Å². The van der Waals surface area contributed by atoms with Gasteiger partial charge in [0, 0.05) is 0 Å². The van der Waals surface area contributed by atoms with Crippen LogP contribution in [0.1, 0.15) is 12.0 Å². The average Bonchev–Trinajstić information content (AvgIpc) is 2.42. The Bertz CT molecular complexity index is 410. The summed E-state index contributed by atoms with van der Waals surface area (Å²) in [6.07, 6.45) is -0.651. The first-order valence-electron chi connectivity index (χ1n) is 5.66. The summed E-state index contributed by atoms with van der Waals surface area (Å²) in [4.78, 5) is 26.3. The normalized spacial score (nSPS) is 11.6. The molecule has 1 atom stereocenters. The second-order valence-corrected chi connectivity index (χ2v) is 3.75. The molecule has 19 heavy (non-hydrogen) atoms. The minimum atomic E-state index is -1.12. The third kappa shape index (κ3) is 6.39. The zero-order valence-corrected chi connectivity index (χ0v) is 10.2. The molecular weight excluding hydrogens is 252 g/mol. The summed E-state index contributed by atoms with van der Waals surface area (Å²) in [6, 6.07) is 8.15. The van der Waals surface area contributed by atoms with Gasteiger partial charge in [-0.25, -0.2) is 4.79 Å². The van der Waals surface area contributed by atoms with E-state index in [1.807, 2.05) is 35.8 Å². The van der Waals surface area contributed by atoms with Crippen molar-refractivity contribution in [2.75, 3.05) is 6.61 Å². The fourth-order valence-electron chi connectivity index (χ4n) is 1.17. The molecule has 4 N–H and O–H groups in total. The highest BCUT2D eigenvalue weighted by atomic mass is 16.7. The highest BCUT2D eigenvalue weighted by Gasteiger charge is 2.11. The number of carboxylic acids is 1. The number of carbonyl (C=O) groups excluding carboxylic acids is 1. The quantitative estimate of drug-likeness (QED) is 0.494. The lowest BCUT2D eigenvalue weighted by Gasteiger charge is -2.08. The van der Waals surface area contributed by atoms with Crippen LogP contribution in [0.3, 0.4) is 0 Å². The van der Waals surface area contributed by atoms with E-state index in [-0.39, 0.29) is 19.6 Å². The van der Waals surface area contributed by atoms with Crippen molar-refractivity contribution in [1.29, 1.82) is 0 Å². The molecule has 0 unspecified atom stereocenters. The molecule has 0 aliphatic rings. The van der Waals surface area contributed by atoms with Gasteiger partial charge >= 0.3 is 12.1 Å². The van der Waals surface area contributed by atoms with Crippen LogP contribution in [-0.2, 0) is 21.0 Å². The Morgan fingerprint density at radius 2 is 2.00 bits per heavy atom. The van der Waals surface area contributed by atoms with Gasteiger partial charge in [-0.1, -0.05) is 30.3 Å². The van der Waals surface area contributed by atoms with Crippen molar-refractivity contribution in [3.63, 3.8) is 0 Å². The standard InChI is InChI=1S/C12H16N2O5/c13-10(11(15)16)6-7-19-14-12(17)18-8-9-4-2-1-3-5-9/h1-5,10H,6-8,13H2,(H,14,17)(H,15,16)/t10-/m0/s1. The van der Waals surface area contributed by atoms with Crippen LogP contribution in [0.4, 0.5) is 4.79 Å². The Morgan fingerprint density at radius 1 is 1.32 bits per heavy atom. The van der Waals surface area contributed by atoms with Gasteiger partial charge in [-0.2, -0.15) is 5.48 Å². The van der Waals surface area contributed by atoms with E-state index >= 15 is 0 Å². The Kier molecular flexibility index (Phi) is 6.34. The molecule has 1 aromatic carbocycles. The third-order valence-corrected chi connectivity index (χ3v) is 2.22. The van der Waals surface area contributed by atoms with E-state index in [2.05, 4.69) is 0 Å². The van der Waals surface area contributed by atoms with Gasteiger partial charge in [-0.05, 0) is 12.0 Å². The molecule has 0 heterocycles. The summed E-state index contributed by atoms with van der Waals surface area (Å²) in [7, 11) is 0. The molecular formula is C12H16N2O5. The molecule has 0 saturated carbocycles. The van der Waals surface area contributed by atoms with E-state index in [9.17, 15) is 9.59 Å². The predicted molar refractivity (Wildman–Crippen MR) is 65.9 cm³/mol. The fraction of sp³-hybridized carbons (Fsp3) is 0.333. The zero-order valence-electron chi connectivity index (χ0n) is 10.2. The van der Waals surface area contributed by atoms with Crippen molar-refractivity contribution in [3.05, 3.63) is 35.9 Å². The van der Waals surface area contributed by atoms with E-state index < -0.39 is 18.1 Å². The molecule has 0 aliphatic carbocycles. The van der Waals surface area contributed by atoms with E-state index in [1.54, 1.807) is 0 Å². The molecule has 0 saturated heterocycles. The maximum absolute atomic E-state index is 11.2. The maximum Gasteiger partial charge on any atom is 0.431 e. The van der Waals surface area contributed by atoms with Gasteiger partial charge in [0.15, 0.2) is 0 Å². The van der Waals surface area contributed by atoms with Crippen molar-refractivity contribution in [1.82, 2.24) is 5.48 Å². The molecule has 0 aromatic heterocycles. The Balaban J connectivity index is 2.10. The van der Waals surface area contributed by atoms with E-state index in [1.165, 1.54) is 0 Å². The molecule has 7 heteroatoms. The first-order chi connectivity index (χ1) is 9.09. The molecule has 104 valence electrons. The topological polar surface area (TPSA) is 111 Å². The zero-order chi connectivity index (χ0) is 14.1. The van der Waals surface area contributed by atoms with Crippen LogP contribution in [0.25, 0.3) is 0 Å². The summed E-state index contributed by atoms with van der Waals surface area (Å²) < 4.78 is 4.86. The summed E-state index contributed by atoms with van der Waals surface area (Å²) in [5, 5.41) is 8.51. The second kappa shape index (κ2) is 8.06. The highest BCUT2D eigenvalue weighted by molar-refractivity contribution is 5.73. The molecule has 1 rings (SSSR count). The van der Waals surface area contributed by atoms with Gasteiger partial charge in [0.1, 0.15) is 12.6 Å². The van der Waals surface area contributed by atoms with Crippen LogP contribution in [0.15, 0.2) is 30.3 Å². The summed E-state index contributed by atoms with van der Waals surface area (Å²) in [5.41, 5.74) is 8.13. The molecule has 0 aliphatic heterocycles. The van der Waals surface area contributed by atoms with Gasteiger partial charge in [0.05, 0.1) is 6.61 Å². The minimum Gasteiger partial charge on any atom is -0.480 e. The Morgan fingerprint density at radius 3 is 2.63 bits per heavy atom. The minimum absolute atomic E-state index is 0.00605. The van der Waals surface area contributed by atoms with Gasteiger partial charge in [-0.3, -0.25) is 9.63 Å². The Hall–Kier alpha value is -2.12. The number of nitrogens with two attached hydrogens (primary N) is 1. The molecule has 1 aromatic rings. The van der Waals surface area contributed by atoms with Crippen LogP contribution >= 0.6 is 0 Å². The molecule has 0 spiro atoms. The summed E-state index contributed by atoms with van der Waals surface area (Å²) >= 11 is 0. The van der Waals surface area contributed by atoms with Gasteiger partial charge in [-0.15, -0.1) is 0 Å². The number of hydroxylamine groups is 1. The third-order valence-electron chi connectivity index (χ3n) is 2.22.